The van der Waals surface area contributed by atoms with Crippen molar-refractivity contribution in [2.45, 2.75) is 88.2 Å². The van der Waals surface area contributed by atoms with E-state index in [1.807, 2.05) is 41.8 Å². The van der Waals surface area contributed by atoms with Gasteiger partial charge in [0.15, 0.2) is 0 Å². The van der Waals surface area contributed by atoms with E-state index in [1.165, 1.54) is 11.3 Å². The number of carbonyl (C=O) groups excluding carboxylic acids is 2. The van der Waals surface area contributed by atoms with Gasteiger partial charge in [-0.05, 0) is 80.5 Å². The molecule has 208 valence electrons. The monoisotopic (exact) mass is 549 g/mol. The lowest BCUT2D eigenvalue weighted by molar-refractivity contribution is -0.128. The van der Waals surface area contributed by atoms with Crippen LogP contribution >= 0.6 is 11.3 Å². The number of amides is 2. The number of nitriles is 1. The van der Waals surface area contributed by atoms with Gasteiger partial charge in [0.25, 0.3) is 5.91 Å². The van der Waals surface area contributed by atoms with E-state index in [2.05, 4.69) is 16.3 Å². The maximum atomic E-state index is 13.8. The highest BCUT2D eigenvalue weighted by atomic mass is 32.1. The van der Waals surface area contributed by atoms with Crippen LogP contribution in [0.25, 0.3) is 0 Å². The molecule has 0 spiro atoms. The van der Waals surface area contributed by atoms with E-state index >= 15 is 0 Å². The zero-order valence-electron chi connectivity index (χ0n) is 22.5. The molecule has 3 atom stereocenters. The van der Waals surface area contributed by atoms with E-state index in [9.17, 15) is 14.9 Å². The van der Waals surface area contributed by atoms with Crippen molar-refractivity contribution < 1.29 is 14.3 Å². The predicted molar refractivity (Wildman–Crippen MR) is 151 cm³/mol. The molecule has 3 fully saturated rings. The highest BCUT2D eigenvalue weighted by Gasteiger charge is 2.40. The fourth-order valence-corrected chi connectivity index (χ4v) is 6.86. The molecule has 8 nitrogen and oxygen atoms in total. The van der Waals surface area contributed by atoms with Crippen LogP contribution in [0.3, 0.4) is 0 Å². The maximum Gasteiger partial charge on any atom is 0.264 e. The zero-order valence-corrected chi connectivity index (χ0v) is 23.3. The van der Waals surface area contributed by atoms with Crippen molar-refractivity contribution >= 4 is 23.2 Å². The van der Waals surface area contributed by atoms with Crippen molar-refractivity contribution in [2.75, 3.05) is 19.7 Å². The number of benzene rings is 1. The molecule has 2 aliphatic heterocycles. The number of carbonyl (C=O) groups is 2. The lowest BCUT2D eigenvalue weighted by Crippen LogP contribution is -2.59. The van der Waals surface area contributed by atoms with Crippen molar-refractivity contribution in [1.82, 2.24) is 15.1 Å². The summed E-state index contributed by atoms with van der Waals surface area (Å²) in [7, 11) is 0. The van der Waals surface area contributed by atoms with Crippen molar-refractivity contribution in [3.63, 3.8) is 0 Å². The van der Waals surface area contributed by atoms with Gasteiger partial charge in [0, 0.05) is 44.4 Å². The molecular weight excluding hydrogens is 510 g/mol. The van der Waals surface area contributed by atoms with E-state index < -0.39 is 6.04 Å². The summed E-state index contributed by atoms with van der Waals surface area (Å²) < 4.78 is 6.00. The summed E-state index contributed by atoms with van der Waals surface area (Å²) >= 11 is 1.42. The van der Waals surface area contributed by atoms with Gasteiger partial charge in [-0.1, -0.05) is 18.2 Å². The lowest BCUT2D eigenvalue weighted by Gasteiger charge is -2.44. The van der Waals surface area contributed by atoms with Gasteiger partial charge in [-0.25, -0.2) is 0 Å². The van der Waals surface area contributed by atoms with E-state index in [4.69, 9.17) is 10.5 Å². The molecule has 0 bridgehead atoms. The molecule has 2 unspecified atom stereocenters. The van der Waals surface area contributed by atoms with Crippen molar-refractivity contribution in [3.05, 3.63) is 57.8 Å². The summed E-state index contributed by atoms with van der Waals surface area (Å²) in [5.74, 6) is -0.118. The predicted octanol–water partition coefficient (Wildman–Crippen LogP) is 3.66. The second-order valence-corrected chi connectivity index (χ2v) is 12.1. The Bertz CT molecular complexity index is 1130. The van der Waals surface area contributed by atoms with Crippen molar-refractivity contribution in [2.24, 2.45) is 5.73 Å². The Morgan fingerprint density at radius 3 is 2.59 bits per heavy atom. The Morgan fingerprint density at radius 2 is 1.92 bits per heavy atom. The average molecular weight is 550 g/mol. The first-order valence-electron chi connectivity index (χ1n) is 14.2. The fourth-order valence-electron chi connectivity index (χ4n) is 6.18. The fraction of sp³-hybridized carbons (Fsp3) is 0.567. The van der Waals surface area contributed by atoms with E-state index in [-0.39, 0.29) is 36.0 Å². The van der Waals surface area contributed by atoms with E-state index in [1.54, 1.807) is 4.90 Å². The van der Waals surface area contributed by atoms with Gasteiger partial charge in [0.1, 0.15) is 6.04 Å². The van der Waals surface area contributed by atoms with Crippen LogP contribution in [0.1, 0.15) is 72.2 Å². The number of nitrogens with zero attached hydrogens (tertiary/aromatic N) is 3. The zero-order chi connectivity index (χ0) is 27.2. The average Bonchev–Trinajstić information content (AvgIpc) is 3.69. The Labute approximate surface area is 235 Å². The molecule has 2 aromatic rings. The molecule has 9 heteroatoms. The molecule has 2 amide bonds. The molecule has 2 saturated heterocycles. The quantitative estimate of drug-likeness (QED) is 0.520. The molecule has 1 saturated carbocycles. The topological polar surface area (TPSA) is 112 Å². The first-order chi connectivity index (χ1) is 19.0. The van der Waals surface area contributed by atoms with E-state index in [0.717, 1.165) is 63.7 Å². The molecule has 1 aromatic carbocycles. The van der Waals surface area contributed by atoms with Gasteiger partial charge in [-0.2, -0.15) is 5.26 Å². The van der Waals surface area contributed by atoms with Crippen LogP contribution in [0, 0.1) is 11.3 Å². The van der Waals surface area contributed by atoms with E-state index in [0.29, 0.717) is 30.0 Å². The number of hydrogen-bond donors (Lipinski definition) is 2. The largest absolute Gasteiger partial charge is 0.377 e. The standard InChI is InChI=1S/C30H39N5O3S/c31-18-21-5-7-22(8-6-21)19-34(20-26-3-1-15-38-26)25-13-14-35(30(37)28-4-2-16-39-28)27(17-25)29(36)33-24-11-9-23(32)10-12-24/h2,4-8,16,23-27H,1,3,9-15,17,19-20,32H2,(H,33,36)/t23?,24?,25?,26?,27-/m1/s1. The van der Waals surface area contributed by atoms with Gasteiger partial charge in [0.05, 0.1) is 22.6 Å². The second kappa shape index (κ2) is 13.1. The summed E-state index contributed by atoms with van der Waals surface area (Å²) in [4.78, 5) is 32.2. The molecule has 0 radical (unpaired) electrons. The van der Waals surface area contributed by atoms with Crippen LogP contribution in [0.2, 0.25) is 0 Å². The Kier molecular flexibility index (Phi) is 9.30. The summed E-state index contributed by atoms with van der Waals surface area (Å²) in [6.07, 6.45) is 7.24. The van der Waals surface area contributed by atoms with Gasteiger partial charge >= 0.3 is 0 Å². The molecule has 5 rings (SSSR count). The van der Waals surface area contributed by atoms with Crippen molar-refractivity contribution in [3.8, 4) is 6.07 Å². The normalized spacial score (nSPS) is 27.3. The Morgan fingerprint density at radius 1 is 1.13 bits per heavy atom. The molecule has 1 aliphatic carbocycles. The maximum absolute atomic E-state index is 13.8. The first kappa shape index (κ1) is 27.8. The number of nitrogens with two attached hydrogens (primary N) is 1. The molecule has 1 aromatic heterocycles. The third kappa shape index (κ3) is 7.06. The third-order valence-electron chi connectivity index (χ3n) is 8.44. The number of piperidine rings is 1. The van der Waals surface area contributed by atoms with Crippen molar-refractivity contribution in [1.29, 1.82) is 5.26 Å². The minimum absolute atomic E-state index is 0.0551. The smallest absolute Gasteiger partial charge is 0.264 e. The molecule has 39 heavy (non-hydrogen) atoms. The SMILES string of the molecule is N#Cc1ccc(CN(CC2CCCO2)C2CCN(C(=O)c3cccs3)[C@@H](C(=O)NC3CCC(N)CC3)C2)cc1. The highest BCUT2D eigenvalue weighted by molar-refractivity contribution is 7.12. The van der Waals surface area contributed by atoms with Gasteiger partial charge in [-0.15, -0.1) is 11.3 Å². The third-order valence-corrected chi connectivity index (χ3v) is 9.29. The summed E-state index contributed by atoms with van der Waals surface area (Å²) in [6, 6.07) is 13.6. The van der Waals surface area contributed by atoms with Crippen LogP contribution in [0.4, 0.5) is 0 Å². The van der Waals surface area contributed by atoms with Crippen LogP contribution in [0.15, 0.2) is 41.8 Å². The molecule has 3 heterocycles. The molecular formula is C30H39N5O3S. The first-order valence-corrected chi connectivity index (χ1v) is 15.1. The van der Waals surface area contributed by atoms with Crippen LogP contribution in [-0.4, -0.2) is 71.6 Å². The minimum atomic E-state index is -0.526. The Balaban J connectivity index is 1.35. The van der Waals surface area contributed by atoms with Crippen LogP contribution in [-0.2, 0) is 16.1 Å². The number of rotatable bonds is 8. The number of thiophene rings is 1. The Hall–Kier alpha value is -2.77. The summed E-state index contributed by atoms with van der Waals surface area (Å²) in [5, 5.41) is 14.4. The molecule has 3 N–H and O–H groups in total. The summed E-state index contributed by atoms with van der Waals surface area (Å²) in [6.45, 7) is 2.83. The summed E-state index contributed by atoms with van der Waals surface area (Å²) in [5.41, 5.74) is 7.86. The van der Waals surface area contributed by atoms with Crippen LogP contribution in [0.5, 0.6) is 0 Å². The van der Waals surface area contributed by atoms with Crippen LogP contribution < -0.4 is 11.1 Å². The van der Waals surface area contributed by atoms with Gasteiger partial charge in [-0.3, -0.25) is 14.5 Å². The van der Waals surface area contributed by atoms with Gasteiger partial charge < -0.3 is 20.7 Å². The van der Waals surface area contributed by atoms with Gasteiger partial charge in [0.2, 0.25) is 5.91 Å². The number of nitrogens with one attached hydrogen (secondary N) is 1. The highest BCUT2D eigenvalue weighted by Crippen LogP contribution is 2.29. The minimum Gasteiger partial charge on any atom is -0.377 e. The second-order valence-electron chi connectivity index (χ2n) is 11.2. The number of hydrogen-bond acceptors (Lipinski definition) is 7. The number of likely N-dealkylation sites (tertiary alicyclic amines) is 1. The lowest BCUT2D eigenvalue weighted by atomic mass is 9.90. The molecule has 3 aliphatic rings. The number of ether oxygens (including phenoxy) is 1.